The third-order valence-electron chi connectivity index (χ3n) is 3.03. The van der Waals surface area contributed by atoms with Crippen molar-refractivity contribution in [1.29, 1.82) is 0 Å². The molecule has 0 heterocycles. The first-order valence-corrected chi connectivity index (χ1v) is 5.52. The summed E-state index contributed by atoms with van der Waals surface area (Å²) in [5.41, 5.74) is 5.13. The molecule has 100 valence electrons. The van der Waals surface area contributed by atoms with Gasteiger partial charge in [-0.1, -0.05) is 6.07 Å². The van der Waals surface area contributed by atoms with Gasteiger partial charge >= 0.3 is 5.97 Å². The first-order valence-electron chi connectivity index (χ1n) is 5.52. The second-order valence-electron chi connectivity index (χ2n) is 4.55. The van der Waals surface area contributed by atoms with Crippen molar-refractivity contribution in [3.8, 4) is 5.75 Å². The molecule has 0 bridgehead atoms. The predicted octanol–water partition coefficient (Wildman–Crippen LogP) is 2.03. The first kappa shape index (κ1) is 14.4. The van der Waals surface area contributed by atoms with Gasteiger partial charge in [0, 0.05) is 5.56 Å². The molecule has 0 radical (unpaired) electrons. The summed E-state index contributed by atoms with van der Waals surface area (Å²) in [6.07, 6.45) is 0. The van der Waals surface area contributed by atoms with Gasteiger partial charge < -0.3 is 15.2 Å². The summed E-state index contributed by atoms with van der Waals surface area (Å²) in [5, 5.41) is 0. The predicted molar refractivity (Wildman–Crippen MR) is 65.7 cm³/mol. The highest BCUT2D eigenvalue weighted by atomic mass is 19.1. The molecule has 0 aliphatic carbocycles. The summed E-state index contributed by atoms with van der Waals surface area (Å²) in [7, 11) is 2.70. The number of carbonyl (C=O) groups excluding carboxylic acids is 1. The smallest absolute Gasteiger partial charge is 0.313 e. The minimum Gasteiger partial charge on any atom is -0.496 e. The van der Waals surface area contributed by atoms with E-state index in [4.69, 9.17) is 10.5 Å². The number of hydrogen-bond donors (Lipinski definition) is 1. The second-order valence-corrected chi connectivity index (χ2v) is 4.55. The van der Waals surface area contributed by atoms with Gasteiger partial charge in [0.05, 0.1) is 25.7 Å². The average Bonchev–Trinajstić information content (AvgIpc) is 2.36. The maximum atomic E-state index is 13.9. The number of esters is 1. The molecule has 1 aromatic rings. The summed E-state index contributed by atoms with van der Waals surface area (Å²) in [5.74, 6) is -0.682. The Bertz CT molecular complexity index is 446. The van der Waals surface area contributed by atoms with Gasteiger partial charge in [-0.2, -0.15) is 0 Å². The minimum absolute atomic E-state index is 0.176. The maximum absolute atomic E-state index is 13.9. The molecule has 0 unspecified atom stereocenters. The summed E-state index contributed by atoms with van der Waals surface area (Å²) >= 11 is 0. The molecular formula is C13H18FNO3. The Kier molecular flexibility index (Phi) is 4.29. The van der Waals surface area contributed by atoms with Crippen LogP contribution in [0, 0.1) is 11.2 Å². The molecule has 0 aromatic heterocycles. The average molecular weight is 255 g/mol. The molecule has 0 spiro atoms. The lowest BCUT2D eigenvalue weighted by Crippen LogP contribution is -2.38. The van der Waals surface area contributed by atoms with E-state index in [2.05, 4.69) is 4.74 Å². The van der Waals surface area contributed by atoms with Gasteiger partial charge in [-0.15, -0.1) is 0 Å². The molecule has 1 aromatic carbocycles. The molecule has 1 rings (SSSR count). The Morgan fingerprint density at radius 3 is 2.50 bits per heavy atom. The van der Waals surface area contributed by atoms with Crippen LogP contribution < -0.4 is 10.5 Å². The van der Waals surface area contributed by atoms with Crippen LogP contribution in [-0.2, 0) is 9.53 Å². The van der Waals surface area contributed by atoms with Crippen LogP contribution in [-0.4, -0.2) is 20.2 Å². The van der Waals surface area contributed by atoms with Crippen LogP contribution >= 0.6 is 0 Å². The van der Waals surface area contributed by atoms with Crippen molar-refractivity contribution in [3.63, 3.8) is 0 Å². The molecule has 0 aliphatic rings. The van der Waals surface area contributed by atoms with E-state index in [1.54, 1.807) is 19.9 Å². The Balaban J connectivity index is 3.26. The van der Waals surface area contributed by atoms with Crippen molar-refractivity contribution in [2.45, 2.75) is 19.9 Å². The maximum Gasteiger partial charge on any atom is 0.313 e. The number of methoxy groups -OCH3 is 2. The first-order chi connectivity index (χ1) is 8.36. The van der Waals surface area contributed by atoms with Crippen LogP contribution in [0.4, 0.5) is 4.39 Å². The molecule has 1 atom stereocenters. The highest BCUT2D eigenvalue weighted by molar-refractivity contribution is 5.77. The zero-order valence-corrected chi connectivity index (χ0v) is 11.0. The molecule has 5 heteroatoms. The van der Waals surface area contributed by atoms with E-state index < -0.39 is 23.2 Å². The topological polar surface area (TPSA) is 61.5 Å². The highest BCUT2D eigenvalue weighted by Crippen LogP contribution is 2.38. The fraction of sp³-hybridized carbons (Fsp3) is 0.462. The van der Waals surface area contributed by atoms with Crippen LogP contribution in [0.2, 0.25) is 0 Å². The molecule has 0 saturated carbocycles. The van der Waals surface area contributed by atoms with E-state index in [1.807, 2.05) is 0 Å². The number of benzene rings is 1. The van der Waals surface area contributed by atoms with Crippen molar-refractivity contribution in [2.24, 2.45) is 11.1 Å². The van der Waals surface area contributed by atoms with Gasteiger partial charge in [0.25, 0.3) is 0 Å². The van der Waals surface area contributed by atoms with E-state index in [-0.39, 0.29) is 5.56 Å². The molecule has 18 heavy (non-hydrogen) atoms. The van der Waals surface area contributed by atoms with Gasteiger partial charge in [-0.05, 0) is 26.0 Å². The monoisotopic (exact) mass is 255 g/mol. The molecular weight excluding hydrogens is 237 g/mol. The molecule has 0 amide bonds. The lowest BCUT2D eigenvalue weighted by molar-refractivity contribution is -0.152. The summed E-state index contributed by atoms with van der Waals surface area (Å²) < 4.78 is 23.6. The molecule has 0 saturated heterocycles. The molecule has 4 nitrogen and oxygen atoms in total. The van der Waals surface area contributed by atoms with Crippen LogP contribution in [0.5, 0.6) is 5.75 Å². The van der Waals surface area contributed by atoms with Crippen LogP contribution in [0.3, 0.4) is 0 Å². The Morgan fingerprint density at radius 2 is 2.00 bits per heavy atom. The van der Waals surface area contributed by atoms with Gasteiger partial charge in [-0.25, -0.2) is 4.39 Å². The SMILES string of the molecule is COC(=O)C(C)(C)[C@@H](N)c1c(F)cccc1OC. The Morgan fingerprint density at radius 1 is 1.39 bits per heavy atom. The van der Waals surface area contributed by atoms with E-state index in [0.29, 0.717) is 5.75 Å². The van der Waals surface area contributed by atoms with E-state index in [9.17, 15) is 9.18 Å². The van der Waals surface area contributed by atoms with Crippen molar-refractivity contribution < 1.29 is 18.7 Å². The third kappa shape index (κ3) is 2.46. The van der Waals surface area contributed by atoms with Crippen molar-refractivity contribution in [1.82, 2.24) is 0 Å². The fourth-order valence-corrected chi connectivity index (χ4v) is 1.75. The zero-order chi connectivity index (χ0) is 13.9. The zero-order valence-electron chi connectivity index (χ0n) is 11.0. The molecule has 2 N–H and O–H groups in total. The van der Waals surface area contributed by atoms with Gasteiger partial charge in [0.2, 0.25) is 0 Å². The lowest BCUT2D eigenvalue weighted by Gasteiger charge is -2.30. The van der Waals surface area contributed by atoms with Crippen molar-refractivity contribution >= 4 is 5.97 Å². The van der Waals surface area contributed by atoms with Crippen LogP contribution in [0.1, 0.15) is 25.5 Å². The Labute approximate surface area is 106 Å². The minimum atomic E-state index is -1.05. The van der Waals surface area contributed by atoms with Gasteiger partial charge in [0.15, 0.2) is 0 Å². The third-order valence-corrected chi connectivity index (χ3v) is 3.03. The van der Waals surface area contributed by atoms with Crippen LogP contribution in [0.25, 0.3) is 0 Å². The van der Waals surface area contributed by atoms with Gasteiger partial charge in [-0.3, -0.25) is 4.79 Å². The van der Waals surface area contributed by atoms with Gasteiger partial charge in [0.1, 0.15) is 11.6 Å². The number of ether oxygens (including phenoxy) is 2. The summed E-state index contributed by atoms with van der Waals surface area (Å²) in [4.78, 5) is 11.7. The van der Waals surface area contributed by atoms with E-state index in [0.717, 1.165) is 0 Å². The number of nitrogens with two attached hydrogens (primary N) is 1. The standard InChI is InChI=1S/C13H18FNO3/c1-13(2,12(16)18-4)11(15)10-8(14)6-5-7-9(10)17-3/h5-7,11H,15H2,1-4H3/t11-/m0/s1. The quantitative estimate of drug-likeness (QED) is 0.836. The van der Waals surface area contributed by atoms with Crippen molar-refractivity contribution in [3.05, 3.63) is 29.6 Å². The summed E-state index contributed by atoms with van der Waals surface area (Å²) in [6, 6.07) is 3.55. The Hall–Kier alpha value is -1.62. The normalized spacial score (nSPS) is 13.0. The van der Waals surface area contributed by atoms with Crippen LogP contribution in [0.15, 0.2) is 18.2 Å². The summed E-state index contributed by atoms with van der Waals surface area (Å²) in [6.45, 7) is 3.21. The molecule has 0 fully saturated rings. The number of halogens is 1. The second kappa shape index (κ2) is 5.35. The fourth-order valence-electron chi connectivity index (χ4n) is 1.75. The van der Waals surface area contributed by atoms with E-state index >= 15 is 0 Å². The molecule has 0 aliphatic heterocycles. The number of rotatable bonds is 4. The van der Waals surface area contributed by atoms with Crippen molar-refractivity contribution in [2.75, 3.05) is 14.2 Å². The largest absolute Gasteiger partial charge is 0.496 e. The number of hydrogen-bond acceptors (Lipinski definition) is 4. The highest BCUT2D eigenvalue weighted by Gasteiger charge is 2.39. The van der Waals surface area contributed by atoms with E-state index in [1.165, 1.54) is 26.4 Å². The number of carbonyl (C=O) groups is 1. The lowest BCUT2D eigenvalue weighted by atomic mass is 9.80.